The summed E-state index contributed by atoms with van der Waals surface area (Å²) in [6, 6.07) is 6.81. The van der Waals surface area contributed by atoms with Crippen molar-refractivity contribution in [2.24, 2.45) is 0 Å². The third-order valence-corrected chi connectivity index (χ3v) is 4.87. The highest BCUT2D eigenvalue weighted by Crippen LogP contribution is 2.29. The molecule has 1 atom stereocenters. The van der Waals surface area contributed by atoms with Crippen molar-refractivity contribution in [1.82, 2.24) is 4.57 Å². The molecule has 2 aromatic rings. The second-order valence-electron chi connectivity index (χ2n) is 5.43. The van der Waals surface area contributed by atoms with Gasteiger partial charge in [0.05, 0.1) is 0 Å². The van der Waals surface area contributed by atoms with Crippen LogP contribution in [0.4, 0.5) is 0 Å². The van der Waals surface area contributed by atoms with Crippen LogP contribution in [0.2, 0.25) is 0 Å². The van der Waals surface area contributed by atoms with Gasteiger partial charge in [0, 0.05) is 40.7 Å². The van der Waals surface area contributed by atoms with E-state index in [0.717, 1.165) is 31.2 Å². The first-order valence-corrected chi connectivity index (χ1v) is 7.81. The molecule has 0 spiro atoms. The van der Waals surface area contributed by atoms with Crippen LogP contribution in [0.5, 0.6) is 0 Å². The van der Waals surface area contributed by atoms with E-state index in [1.54, 1.807) is 0 Å². The zero-order valence-corrected chi connectivity index (χ0v) is 12.3. The molecule has 0 saturated carbocycles. The number of fused-ring (bicyclic) bond motifs is 1. The van der Waals surface area contributed by atoms with E-state index in [-0.39, 0.29) is 0 Å². The van der Waals surface area contributed by atoms with Gasteiger partial charge in [0.25, 0.3) is 0 Å². The van der Waals surface area contributed by atoms with Gasteiger partial charge in [-0.15, -0.1) is 11.3 Å². The summed E-state index contributed by atoms with van der Waals surface area (Å²) in [6.45, 7) is 4.38. The average molecular weight is 273 g/mol. The smallest absolute Gasteiger partial charge is 0.164 e. The average Bonchev–Trinajstić information content (AvgIpc) is 2.96. The van der Waals surface area contributed by atoms with Crippen molar-refractivity contribution in [2.75, 3.05) is 0 Å². The molecule has 2 heterocycles. The van der Waals surface area contributed by atoms with Crippen molar-refractivity contribution >= 4 is 17.1 Å². The number of ketones is 1. The third kappa shape index (κ3) is 2.27. The number of thiophene rings is 1. The minimum atomic E-state index is 0.325. The van der Waals surface area contributed by atoms with Crippen molar-refractivity contribution in [2.45, 2.75) is 45.6 Å². The molecule has 1 unspecified atom stereocenters. The molecule has 0 radical (unpaired) electrons. The molecule has 0 N–H and O–H groups in total. The number of rotatable bonds is 3. The van der Waals surface area contributed by atoms with E-state index < -0.39 is 0 Å². The summed E-state index contributed by atoms with van der Waals surface area (Å²) in [5.41, 5.74) is 3.46. The monoisotopic (exact) mass is 273 g/mol. The van der Waals surface area contributed by atoms with Gasteiger partial charge in [-0.05, 0) is 44.2 Å². The summed E-state index contributed by atoms with van der Waals surface area (Å²) in [6.07, 6.45) is 3.81. The lowest BCUT2D eigenvalue weighted by Crippen LogP contribution is -2.17. The largest absolute Gasteiger partial charge is 0.345 e. The Labute approximate surface area is 118 Å². The number of carbonyl (C=O) groups excluding carboxylic acids is 1. The molecule has 1 aliphatic rings. The van der Waals surface area contributed by atoms with E-state index in [4.69, 9.17) is 0 Å². The van der Waals surface area contributed by atoms with E-state index >= 15 is 0 Å². The Balaban J connectivity index is 1.94. The molecule has 0 saturated heterocycles. The fourth-order valence-corrected chi connectivity index (χ4v) is 4.00. The molecule has 1 aliphatic carbocycles. The third-order valence-electron chi connectivity index (χ3n) is 3.97. The summed E-state index contributed by atoms with van der Waals surface area (Å²) in [5, 5.41) is 2.13. The Morgan fingerprint density at radius 3 is 3.00 bits per heavy atom. The first-order chi connectivity index (χ1) is 9.16. The van der Waals surface area contributed by atoms with Crippen LogP contribution in [0.25, 0.3) is 0 Å². The van der Waals surface area contributed by atoms with Crippen molar-refractivity contribution in [3.05, 3.63) is 45.4 Å². The molecule has 3 rings (SSSR count). The molecule has 2 aromatic heterocycles. The quantitative estimate of drug-likeness (QED) is 0.822. The summed E-state index contributed by atoms with van der Waals surface area (Å²) in [7, 11) is 0. The Morgan fingerprint density at radius 1 is 1.42 bits per heavy atom. The summed E-state index contributed by atoms with van der Waals surface area (Å²) in [4.78, 5) is 13.4. The van der Waals surface area contributed by atoms with Gasteiger partial charge in [0.2, 0.25) is 0 Å². The second-order valence-corrected chi connectivity index (χ2v) is 6.46. The number of aryl methyl sites for hydroxylation is 1. The second kappa shape index (κ2) is 4.97. The molecule has 0 aliphatic heterocycles. The van der Waals surface area contributed by atoms with Crippen LogP contribution in [0, 0.1) is 6.92 Å². The van der Waals surface area contributed by atoms with Crippen LogP contribution >= 0.6 is 11.3 Å². The lowest BCUT2D eigenvalue weighted by molar-refractivity contribution is 0.0971. The lowest BCUT2D eigenvalue weighted by Gasteiger charge is -2.21. The van der Waals surface area contributed by atoms with Crippen molar-refractivity contribution in [3.63, 3.8) is 0 Å². The van der Waals surface area contributed by atoms with E-state index in [0.29, 0.717) is 11.8 Å². The summed E-state index contributed by atoms with van der Waals surface area (Å²) >= 11 is 1.81. The van der Waals surface area contributed by atoms with E-state index in [9.17, 15) is 4.79 Å². The van der Waals surface area contributed by atoms with Crippen LogP contribution < -0.4 is 0 Å². The Hall–Kier alpha value is -1.35. The number of Topliss-reactive ketones (excluding diaryl/α,β-unsaturated/α-hetero) is 1. The van der Waals surface area contributed by atoms with E-state index in [2.05, 4.69) is 42.0 Å². The van der Waals surface area contributed by atoms with Crippen molar-refractivity contribution in [3.8, 4) is 0 Å². The molecule has 0 fully saturated rings. The number of aromatic nitrogens is 1. The van der Waals surface area contributed by atoms with Gasteiger partial charge in [0.15, 0.2) is 5.78 Å². The van der Waals surface area contributed by atoms with Crippen LogP contribution in [0.3, 0.4) is 0 Å². The van der Waals surface area contributed by atoms with Gasteiger partial charge in [-0.2, -0.15) is 0 Å². The molecule has 0 amide bonds. The van der Waals surface area contributed by atoms with Gasteiger partial charge in [0.1, 0.15) is 0 Å². The fourth-order valence-electron chi connectivity index (χ4n) is 3.18. The number of carbonyl (C=O) groups is 1. The molecule has 100 valence electrons. The standard InChI is InChI=1S/C16H19NOS/c1-11(9-13-5-4-8-19-13)17-12(2)10-14-15(17)6-3-7-16(14)18/h4-5,8,10-11H,3,6-7,9H2,1-2H3. The summed E-state index contributed by atoms with van der Waals surface area (Å²) in [5.74, 6) is 0.325. The normalized spacial score (nSPS) is 16.4. The number of hydrogen-bond acceptors (Lipinski definition) is 2. The van der Waals surface area contributed by atoms with Crippen molar-refractivity contribution < 1.29 is 4.79 Å². The molecule has 3 heteroatoms. The maximum absolute atomic E-state index is 12.0. The Morgan fingerprint density at radius 2 is 2.26 bits per heavy atom. The Kier molecular flexibility index (Phi) is 3.31. The van der Waals surface area contributed by atoms with Crippen LogP contribution in [-0.2, 0) is 12.8 Å². The van der Waals surface area contributed by atoms with Crippen LogP contribution in [-0.4, -0.2) is 10.4 Å². The zero-order chi connectivity index (χ0) is 13.4. The molecular formula is C16H19NOS. The van der Waals surface area contributed by atoms with Gasteiger partial charge < -0.3 is 4.57 Å². The number of hydrogen-bond donors (Lipinski definition) is 0. The SMILES string of the molecule is Cc1cc2c(n1C(C)Cc1cccs1)CCCC2=O. The molecular weight excluding hydrogens is 254 g/mol. The van der Waals surface area contributed by atoms with Crippen molar-refractivity contribution in [1.29, 1.82) is 0 Å². The topological polar surface area (TPSA) is 22.0 Å². The first-order valence-electron chi connectivity index (χ1n) is 6.93. The lowest BCUT2D eigenvalue weighted by atomic mass is 9.96. The molecule has 19 heavy (non-hydrogen) atoms. The molecule has 0 bridgehead atoms. The highest BCUT2D eigenvalue weighted by molar-refractivity contribution is 7.09. The van der Waals surface area contributed by atoms with Crippen LogP contribution in [0.15, 0.2) is 23.6 Å². The maximum atomic E-state index is 12.0. The minimum absolute atomic E-state index is 0.325. The van der Waals surface area contributed by atoms with Gasteiger partial charge >= 0.3 is 0 Å². The van der Waals surface area contributed by atoms with E-state index in [1.807, 2.05) is 11.3 Å². The Bertz CT molecular complexity index is 595. The zero-order valence-electron chi connectivity index (χ0n) is 11.5. The first kappa shape index (κ1) is 12.7. The molecule has 2 nitrogen and oxygen atoms in total. The summed E-state index contributed by atoms with van der Waals surface area (Å²) < 4.78 is 2.38. The number of nitrogens with zero attached hydrogens (tertiary/aromatic N) is 1. The van der Waals surface area contributed by atoms with Gasteiger partial charge in [-0.25, -0.2) is 0 Å². The maximum Gasteiger partial charge on any atom is 0.164 e. The minimum Gasteiger partial charge on any atom is -0.345 e. The highest BCUT2D eigenvalue weighted by Gasteiger charge is 2.24. The van der Waals surface area contributed by atoms with Crippen LogP contribution in [0.1, 0.15) is 52.4 Å². The van der Waals surface area contributed by atoms with Gasteiger partial charge in [-0.1, -0.05) is 6.07 Å². The molecule has 0 aromatic carbocycles. The predicted molar refractivity (Wildman–Crippen MR) is 79.2 cm³/mol. The fraction of sp³-hybridized carbons (Fsp3) is 0.438. The van der Waals surface area contributed by atoms with Gasteiger partial charge in [-0.3, -0.25) is 4.79 Å². The van der Waals surface area contributed by atoms with E-state index in [1.165, 1.54) is 16.3 Å². The highest BCUT2D eigenvalue weighted by atomic mass is 32.1. The predicted octanol–water partition coefficient (Wildman–Crippen LogP) is 4.18.